The minimum atomic E-state index is -0.296. The zero-order valence-electron chi connectivity index (χ0n) is 11.1. The SMILES string of the molecule is CNCc1ccccc1NC(=O)Nc1cccc(Cl)c1. The Bertz CT molecular complexity index is 601. The van der Waals surface area contributed by atoms with Crippen molar-refractivity contribution >= 4 is 29.0 Å². The molecule has 0 saturated heterocycles. The Labute approximate surface area is 123 Å². The summed E-state index contributed by atoms with van der Waals surface area (Å²) in [4.78, 5) is 12.0. The van der Waals surface area contributed by atoms with E-state index < -0.39 is 0 Å². The molecular formula is C15H16ClN3O. The van der Waals surface area contributed by atoms with Crippen LogP contribution in [0.4, 0.5) is 16.2 Å². The van der Waals surface area contributed by atoms with E-state index in [2.05, 4.69) is 16.0 Å². The predicted octanol–water partition coefficient (Wildman–Crippen LogP) is 3.70. The molecule has 0 aliphatic heterocycles. The Morgan fingerprint density at radius 1 is 1.10 bits per heavy atom. The molecule has 0 atom stereocenters. The molecule has 20 heavy (non-hydrogen) atoms. The first-order chi connectivity index (χ1) is 9.69. The fourth-order valence-corrected chi connectivity index (χ4v) is 2.03. The zero-order valence-corrected chi connectivity index (χ0v) is 11.9. The first-order valence-corrected chi connectivity index (χ1v) is 6.63. The van der Waals surface area contributed by atoms with E-state index in [9.17, 15) is 4.79 Å². The van der Waals surface area contributed by atoms with Gasteiger partial charge in [0.25, 0.3) is 0 Å². The minimum Gasteiger partial charge on any atom is -0.316 e. The van der Waals surface area contributed by atoms with Gasteiger partial charge in [0.1, 0.15) is 0 Å². The summed E-state index contributed by atoms with van der Waals surface area (Å²) in [6, 6.07) is 14.4. The number of nitrogens with one attached hydrogen (secondary N) is 3. The third kappa shape index (κ3) is 3.98. The van der Waals surface area contributed by atoms with Crippen LogP contribution in [0.15, 0.2) is 48.5 Å². The second-order valence-corrected chi connectivity index (χ2v) is 4.71. The zero-order chi connectivity index (χ0) is 14.4. The Kier molecular flexibility index (Phi) is 4.98. The summed E-state index contributed by atoms with van der Waals surface area (Å²) < 4.78 is 0. The summed E-state index contributed by atoms with van der Waals surface area (Å²) in [5.41, 5.74) is 2.46. The Morgan fingerprint density at radius 3 is 2.65 bits per heavy atom. The molecule has 2 rings (SSSR count). The van der Waals surface area contributed by atoms with Gasteiger partial charge >= 0.3 is 6.03 Å². The van der Waals surface area contributed by atoms with Gasteiger partial charge < -0.3 is 16.0 Å². The van der Waals surface area contributed by atoms with E-state index >= 15 is 0 Å². The van der Waals surface area contributed by atoms with Crippen molar-refractivity contribution in [2.75, 3.05) is 17.7 Å². The number of para-hydroxylation sites is 1. The van der Waals surface area contributed by atoms with Crippen molar-refractivity contribution in [3.63, 3.8) is 0 Å². The van der Waals surface area contributed by atoms with Gasteiger partial charge in [-0.3, -0.25) is 0 Å². The number of amides is 2. The van der Waals surface area contributed by atoms with Crippen molar-refractivity contribution in [3.05, 3.63) is 59.1 Å². The van der Waals surface area contributed by atoms with Crippen molar-refractivity contribution in [2.45, 2.75) is 6.54 Å². The predicted molar refractivity (Wildman–Crippen MR) is 83.3 cm³/mol. The number of hydrogen-bond donors (Lipinski definition) is 3. The molecular weight excluding hydrogens is 274 g/mol. The lowest BCUT2D eigenvalue weighted by Gasteiger charge is -2.11. The quantitative estimate of drug-likeness (QED) is 0.804. The molecule has 2 amide bonds. The number of rotatable bonds is 4. The molecule has 2 aromatic carbocycles. The van der Waals surface area contributed by atoms with E-state index in [4.69, 9.17) is 11.6 Å². The van der Waals surface area contributed by atoms with E-state index in [0.717, 1.165) is 11.3 Å². The van der Waals surface area contributed by atoms with Crippen LogP contribution >= 0.6 is 11.6 Å². The van der Waals surface area contributed by atoms with E-state index in [1.54, 1.807) is 24.3 Å². The number of urea groups is 1. The molecule has 5 heteroatoms. The number of anilines is 2. The average molecular weight is 290 g/mol. The second-order valence-electron chi connectivity index (χ2n) is 4.28. The van der Waals surface area contributed by atoms with Gasteiger partial charge in [-0.1, -0.05) is 35.9 Å². The molecule has 0 saturated carbocycles. The number of halogens is 1. The summed E-state index contributed by atoms with van der Waals surface area (Å²) in [7, 11) is 1.86. The first kappa shape index (κ1) is 14.4. The Hall–Kier alpha value is -2.04. The van der Waals surface area contributed by atoms with E-state index in [0.29, 0.717) is 17.3 Å². The van der Waals surface area contributed by atoms with E-state index in [1.807, 2.05) is 31.3 Å². The molecule has 4 nitrogen and oxygen atoms in total. The molecule has 2 aromatic rings. The highest BCUT2D eigenvalue weighted by Crippen LogP contribution is 2.17. The van der Waals surface area contributed by atoms with Crippen molar-refractivity contribution in [3.8, 4) is 0 Å². The maximum Gasteiger partial charge on any atom is 0.323 e. The van der Waals surface area contributed by atoms with Gasteiger partial charge in [0.2, 0.25) is 0 Å². The fraction of sp³-hybridized carbons (Fsp3) is 0.133. The highest BCUT2D eigenvalue weighted by molar-refractivity contribution is 6.30. The number of carbonyl (C=O) groups is 1. The maximum atomic E-state index is 12.0. The number of benzene rings is 2. The lowest BCUT2D eigenvalue weighted by atomic mass is 10.2. The van der Waals surface area contributed by atoms with Crippen LogP contribution in [0.5, 0.6) is 0 Å². The molecule has 0 unspecified atom stereocenters. The van der Waals surface area contributed by atoms with Gasteiger partial charge in [0.15, 0.2) is 0 Å². The molecule has 0 radical (unpaired) electrons. The van der Waals surface area contributed by atoms with Crippen LogP contribution in [0.25, 0.3) is 0 Å². The van der Waals surface area contributed by atoms with E-state index in [1.165, 1.54) is 0 Å². The topological polar surface area (TPSA) is 53.2 Å². The third-order valence-corrected chi connectivity index (χ3v) is 2.95. The van der Waals surface area contributed by atoms with Gasteiger partial charge in [-0.15, -0.1) is 0 Å². The molecule has 0 bridgehead atoms. The molecule has 0 aliphatic carbocycles. The summed E-state index contributed by atoms with van der Waals surface area (Å²) in [6.45, 7) is 0.688. The maximum absolute atomic E-state index is 12.0. The third-order valence-electron chi connectivity index (χ3n) is 2.72. The van der Waals surface area contributed by atoms with Gasteiger partial charge in [0, 0.05) is 22.9 Å². The number of carbonyl (C=O) groups excluding carboxylic acids is 1. The average Bonchev–Trinajstić information content (AvgIpc) is 2.41. The molecule has 0 aromatic heterocycles. The van der Waals surface area contributed by atoms with Gasteiger partial charge in [-0.25, -0.2) is 4.79 Å². The van der Waals surface area contributed by atoms with Gasteiger partial charge in [0.05, 0.1) is 0 Å². The lowest BCUT2D eigenvalue weighted by molar-refractivity contribution is 0.262. The van der Waals surface area contributed by atoms with Crippen LogP contribution in [0.1, 0.15) is 5.56 Å². The van der Waals surface area contributed by atoms with Crippen LogP contribution in [0.2, 0.25) is 5.02 Å². The molecule has 104 valence electrons. The van der Waals surface area contributed by atoms with Crippen LogP contribution in [-0.2, 0) is 6.54 Å². The first-order valence-electron chi connectivity index (χ1n) is 6.25. The lowest BCUT2D eigenvalue weighted by Crippen LogP contribution is -2.21. The summed E-state index contributed by atoms with van der Waals surface area (Å²) >= 11 is 5.87. The standard InChI is InChI=1S/C15H16ClN3O/c1-17-10-11-5-2-3-8-14(11)19-15(20)18-13-7-4-6-12(16)9-13/h2-9,17H,10H2,1H3,(H2,18,19,20). The highest BCUT2D eigenvalue weighted by Gasteiger charge is 2.06. The van der Waals surface area contributed by atoms with Crippen LogP contribution in [0, 0.1) is 0 Å². The van der Waals surface area contributed by atoms with Crippen molar-refractivity contribution in [1.82, 2.24) is 5.32 Å². The summed E-state index contributed by atoms with van der Waals surface area (Å²) in [5, 5.41) is 9.22. The minimum absolute atomic E-state index is 0.296. The Balaban J connectivity index is 2.05. The largest absolute Gasteiger partial charge is 0.323 e. The smallest absolute Gasteiger partial charge is 0.316 e. The van der Waals surface area contributed by atoms with Crippen molar-refractivity contribution in [1.29, 1.82) is 0 Å². The van der Waals surface area contributed by atoms with Crippen LogP contribution in [-0.4, -0.2) is 13.1 Å². The van der Waals surface area contributed by atoms with E-state index in [-0.39, 0.29) is 6.03 Å². The van der Waals surface area contributed by atoms with Crippen LogP contribution in [0.3, 0.4) is 0 Å². The van der Waals surface area contributed by atoms with Crippen molar-refractivity contribution < 1.29 is 4.79 Å². The fourth-order valence-electron chi connectivity index (χ4n) is 1.84. The van der Waals surface area contributed by atoms with Crippen LogP contribution < -0.4 is 16.0 Å². The molecule has 0 spiro atoms. The normalized spacial score (nSPS) is 10.1. The molecule has 3 N–H and O–H groups in total. The molecule has 0 fully saturated rings. The van der Waals surface area contributed by atoms with Crippen molar-refractivity contribution in [2.24, 2.45) is 0 Å². The summed E-state index contributed by atoms with van der Waals surface area (Å²) in [6.07, 6.45) is 0. The Morgan fingerprint density at radius 2 is 1.90 bits per heavy atom. The van der Waals surface area contributed by atoms with Gasteiger partial charge in [-0.2, -0.15) is 0 Å². The van der Waals surface area contributed by atoms with Gasteiger partial charge in [-0.05, 0) is 36.9 Å². The highest BCUT2D eigenvalue weighted by atomic mass is 35.5. The summed E-state index contributed by atoms with van der Waals surface area (Å²) in [5.74, 6) is 0. The number of hydrogen-bond acceptors (Lipinski definition) is 2. The monoisotopic (exact) mass is 289 g/mol. The molecule has 0 heterocycles. The molecule has 0 aliphatic rings. The second kappa shape index (κ2) is 6.93.